The summed E-state index contributed by atoms with van der Waals surface area (Å²) in [6.07, 6.45) is 4.10. The zero-order chi connectivity index (χ0) is 20.4. The zero-order valence-corrected chi connectivity index (χ0v) is 17.0. The van der Waals surface area contributed by atoms with E-state index < -0.39 is 5.92 Å². The molecule has 5 heteroatoms. The van der Waals surface area contributed by atoms with Crippen LogP contribution in [-0.2, 0) is 4.79 Å². The second kappa shape index (κ2) is 8.29. The summed E-state index contributed by atoms with van der Waals surface area (Å²) in [6, 6.07) is 15.3. The van der Waals surface area contributed by atoms with Crippen molar-refractivity contribution in [3.63, 3.8) is 0 Å². The molecule has 4 rings (SSSR count). The van der Waals surface area contributed by atoms with Gasteiger partial charge in [-0.15, -0.1) is 0 Å². The Labute approximate surface area is 172 Å². The average molecular weight is 389 g/mol. The Morgan fingerprint density at radius 1 is 1.14 bits per heavy atom. The van der Waals surface area contributed by atoms with E-state index in [4.69, 9.17) is 0 Å². The summed E-state index contributed by atoms with van der Waals surface area (Å²) in [5.41, 5.74) is 2.93. The van der Waals surface area contributed by atoms with Crippen LogP contribution in [0.3, 0.4) is 0 Å². The Bertz CT molecular complexity index is 953. The number of rotatable bonds is 5. The Balaban J connectivity index is 1.65. The number of likely N-dealkylation sites (tertiary alicyclic amines) is 1. The number of amides is 2. The fourth-order valence-electron chi connectivity index (χ4n) is 4.42. The highest BCUT2D eigenvalue weighted by molar-refractivity contribution is 6.29. The SMILES string of the molecule is CCN1CCC[C@H]1CN=CC1C(=O)N(c2cccc(C)c2)C(=O)c2ccccc21. The molecule has 2 atom stereocenters. The molecular formula is C24H27N3O2. The Kier molecular flexibility index (Phi) is 5.58. The zero-order valence-electron chi connectivity index (χ0n) is 17.0. The summed E-state index contributed by atoms with van der Waals surface area (Å²) in [5.74, 6) is -1.04. The van der Waals surface area contributed by atoms with Crippen LogP contribution in [0.4, 0.5) is 5.69 Å². The van der Waals surface area contributed by atoms with Crippen molar-refractivity contribution < 1.29 is 9.59 Å². The van der Waals surface area contributed by atoms with Gasteiger partial charge < -0.3 is 0 Å². The fraction of sp³-hybridized carbons (Fsp3) is 0.375. The van der Waals surface area contributed by atoms with E-state index in [1.807, 2.05) is 49.4 Å². The first kappa shape index (κ1) is 19.5. The molecule has 2 aromatic carbocycles. The minimum atomic E-state index is -0.541. The van der Waals surface area contributed by atoms with E-state index in [1.165, 1.54) is 11.3 Å². The molecule has 1 saturated heterocycles. The summed E-state index contributed by atoms with van der Waals surface area (Å²) in [4.78, 5) is 34.9. The van der Waals surface area contributed by atoms with Crippen molar-refractivity contribution in [1.82, 2.24) is 4.90 Å². The number of hydrogen-bond donors (Lipinski definition) is 0. The van der Waals surface area contributed by atoms with Crippen molar-refractivity contribution in [2.45, 2.75) is 38.6 Å². The lowest BCUT2D eigenvalue weighted by atomic mass is 9.88. The molecule has 0 N–H and O–H groups in total. The van der Waals surface area contributed by atoms with Gasteiger partial charge in [0.2, 0.25) is 5.91 Å². The molecule has 0 aromatic heterocycles. The van der Waals surface area contributed by atoms with Gasteiger partial charge in [0.15, 0.2) is 0 Å². The molecule has 2 amide bonds. The number of likely N-dealkylation sites (N-methyl/N-ethyl adjacent to an activating group) is 1. The third-order valence-electron chi connectivity index (χ3n) is 5.95. The molecule has 1 fully saturated rings. The Morgan fingerprint density at radius 2 is 1.97 bits per heavy atom. The molecule has 29 heavy (non-hydrogen) atoms. The van der Waals surface area contributed by atoms with E-state index in [9.17, 15) is 9.59 Å². The third kappa shape index (κ3) is 3.75. The van der Waals surface area contributed by atoms with Crippen LogP contribution in [0.15, 0.2) is 53.5 Å². The van der Waals surface area contributed by atoms with Crippen LogP contribution in [0.5, 0.6) is 0 Å². The van der Waals surface area contributed by atoms with Crippen LogP contribution in [0.2, 0.25) is 0 Å². The highest BCUT2D eigenvalue weighted by atomic mass is 16.2. The smallest absolute Gasteiger partial charge is 0.265 e. The molecule has 0 aliphatic carbocycles. The van der Waals surface area contributed by atoms with Gasteiger partial charge in [0.05, 0.1) is 18.2 Å². The summed E-state index contributed by atoms with van der Waals surface area (Å²) in [5, 5.41) is 0. The van der Waals surface area contributed by atoms with Gasteiger partial charge in [-0.05, 0) is 62.2 Å². The number of aryl methyl sites for hydroxylation is 1. The Hall–Kier alpha value is -2.79. The molecule has 0 saturated carbocycles. The van der Waals surface area contributed by atoms with Crippen molar-refractivity contribution in [2.75, 3.05) is 24.5 Å². The maximum Gasteiger partial charge on any atom is 0.265 e. The highest BCUT2D eigenvalue weighted by Crippen LogP contribution is 2.32. The van der Waals surface area contributed by atoms with Crippen molar-refractivity contribution in [3.05, 3.63) is 65.2 Å². The van der Waals surface area contributed by atoms with E-state index in [2.05, 4.69) is 16.8 Å². The molecule has 1 unspecified atom stereocenters. The second-order valence-electron chi connectivity index (χ2n) is 7.82. The van der Waals surface area contributed by atoms with E-state index in [0.29, 0.717) is 23.8 Å². The number of imide groups is 1. The average Bonchev–Trinajstić information content (AvgIpc) is 3.18. The number of fused-ring (bicyclic) bond motifs is 1. The fourth-order valence-corrected chi connectivity index (χ4v) is 4.42. The summed E-state index contributed by atoms with van der Waals surface area (Å²) < 4.78 is 0. The number of nitrogens with zero attached hydrogens (tertiary/aromatic N) is 3. The number of carbonyl (C=O) groups is 2. The number of carbonyl (C=O) groups excluding carboxylic acids is 2. The standard InChI is InChI=1S/C24H27N3O2/c1-3-26-13-7-10-19(26)15-25-16-22-20-11-4-5-12-21(20)23(28)27(24(22)29)18-9-6-8-17(2)14-18/h4-6,8-9,11-12,14,16,19,22H,3,7,10,13,15H2,1-2H3/t19-,22?/m0/s1. The summed E-state index contributed by atoms with van der Waals surface area (Å²) in [7, 11) is 0. The number of anilines is 1. The minimum absolute atomic E-state index is 0.234. The number of aliphatic imine (C=N–C) groups is 1. The molecule has 0 spiro atoms. The quantitative estimate of drug-likeness (QED) is 0.577. The predicted molar refractivity (Wildman–Crippen MR) is 116 cm³/mol. The molecule has 150 valence electrons. The summed E-state index contributed by atoms with van der Waals surface area (Å²) >= 11 is 0. The molecule has 2 heterocycles. The lowest BCUT2D eigenvalue weighted by Crippen LogP contribution is -2.45. The first-order valence-corrected chi connectivity index (χ1v) is 10.4. The maximum atomic E-state index is 13.4. The number of benzene rings is 2. The van der Waals surface area contributed by atoms with E-state index in [1.54, 1.807) is 12.3 Å². The van der Waals surface area contributed by atoms with Gasteiger partial charge in [0.1, 0.15) is 0 Å². The third-order valence-corrected chi connectivity index (χ3v) is 5.95. The normalized spacial score (nSPS) is 22.5. The number of hydrogen-bond acceptors (Lipinski definition) is 4. The Morgan fingerprint density at radius 3 is 2.76 bits per heavy atom. The molecule has 2 aromatic rings. The lowest BCUT2D eigenvalue weighted by molar-refractivity contribution is -0.118. The monoisotopic (exact) mass is 389 g/mol. The van der Waals surface area contributed by atoms with Gasteiger partial charge in [0, 0.05) is 17.8 Å². The first-order chi connectivity index (χ1) is 14.1. The molecular weight excluding hydrogens is 362 g/mol. The second-order valence-corrected chi connectivity index (χ2v) is 7.82. The van der Waals surface area contributed by atoms with Crippen molar-refractivity contribution >= 4 is 23.7 Å². The highest BCUT2D eigenvalue weighted by Gasteiger charge is 2.38. The van der Waals surface area contributed by atoms with Crippen LogP contribution in [-0.4, -0.2) is 48.6 Å². The molecule has 2 aliphatic heterocycles. The molecule has 2 aliphatic rings. The molecule has 5 nitrogen and oxygen atoms in total. The lowest BCUT2D eigenvalue weighted by Gasteiger charge is -2.31. The van der Waals surface area contributed by atoms with Crippen LogP contribution < -0.4 is 4.90 Å². The largest absolute Gasteiger partial charge is 0.299 e. The minimum Gasteiger partial charge on any atom is -0.299 e. The van der Waals surface area contributed by atoms with Gasteiger partial charge in [-0.2, -0.15) is 0 Å². The van der Waals surface area contributed by atoms with E-state index in [-0.39, 0.29) is 11.8 Å². The molecule has 0 radical (unpaired) electrons. The van der Waals surface area contributed by atoms with Crippen LogP contribution >= 0.6 is 0 Å². The van der Waals surface area contributed by atoms with E-state index >= 15 is 0 Å². The van der Waals surface area contributed by atoms with Crippen LogP contribution in [0, 0.1) is 6.92 Å². The van der Waals surface area contributed by atoms with Crippen molar-refractivity contribution in [1.29, 1.82) is 0 Å². The van der Waals surface area contributed by atoms with Gasteiger partial charge in [-0.25, -0.2) is 4.90 Å². The van der Waals surface area contributed by atoms with Crippen molar-refractivity contribution in [3.8, 4) is 0 Å². The van der Waals surface area contributed by atoms with Crippen molar-refractivity contribution in [2.24, 2.45) is 4.99 Å². The predicted octanol–water partition coefficient (Wildman–Crippen LogP) is 3.82. The van der Waals surface area contributed by atoms with Crippen LogP contribution in [0.25, 0.3) is 0 Å². The van der Waals surface area contributed by atoms with Gasteiger partial charge in [-0.3, -0.25) is 19.5 Å². The first-order valence-electron chi connectivity index (χ1n) is 10.4. The molecule has 0 bridgehead atoms. The maximum absolute atomic E-state index is 13.4. The van der Waals surface area contributed by atoms with E-state index in [0.717, 1.165) is 30.6 Å². The van der Waals surface area contributed by atoms with Gasteiger partial charge >= 0.3 is 0 Å². The summed E-state index contributed by atoms with van der Waals surface area (Å²) in [6.45, 7) is 6.97. The topological polar surface area (TPSA) is 53.0 Å². The van der Waals surface area contributed by atoms with Gasteiger partial charge in [-0.1, -0.05) is 37.3 Å². The van der Waals surface area contributed by atoms with Crippen LogP contribution in [0.1, 0.15) is 47.2 Å². The van der Waals surface area contributed by atoms with Gasteiger partial charge in [0.25, 0.3) is 5.91 Å².